The van der Waals surface area contributed by atoms with Gasteiger partial charge in [0, 0.05) is 18.4 Å². The monoisotopic (exact) mass is 306 g/mol. The van der Waals surface area contributed by atoms with Crippen LogP contribution in [0.5, 0.6) is 0 Å². The Labute approximate surface area is 126 Å². The highest BCUT2D eigenvalue weighted by Gasteiger charge is 2.15. The summed E-state index contributed by atoms with van der Waals surface area (Å²) in [7, 11) is -3.21. The molecule has 0 atom stereocenters. The molecular formula is C16H22N2O2S. The topological polar surface area (TPSA) is 51.1 Å². The van der Waals surface area contributed by atoms with Crippen LogP contribution in [0.2, 0.25) is 0 Å². The lowest BCUT2D eigenvalue weighted by Gasteiger charge is -2.13. The standard InChI is InChI=1S/C16H22N2O2S/c1-3-11-18-12-7-8-14(18)13-17-15-9-5-6-10-16(15)21(19,20)4-2/h5-10,12,17H,3-4,11,13H2,1-2H3. The van der Waals surface area contributed by atoms with Gasteiger partial charge in [0.2, 0.25) is 0 Å². The van der Waals surface area contributed by atoms with Gasteiger partial charge < -0.3 is 9.88 Å². The Balaban J connectivity index is 2.19. The van der Waals surface area contributed by atoms with Crippen LogP contribution >= 0.6 is 0 Å². The van der Waals surface area contributed by atoms with E-state index in [1.807, 2.05) is 18.2 Å². The molecule has 0 bridgehead atoms. The SMILES string of the molecule is CCCn1cccc1CNc1ccccc1S(=O)(=O)CC. The fourth-order valence-electron chi connectivity index (χ4n) is 2.29. The van der Waals surface area contributed by atoms with Crippen molar-refractivity contribution < 1.29 is 8.42 Å². The average Bonchev–Trinajstić information content (AvgIpc) is 2.93. The smallest absolute Gasteiger partial charge is 0.180 e. The van der Waals surface area contributed by atoms with Gasteiger partial charge in [-0.1, -0.05) is 26.0 Å². The lowest BCUT2D eigenvalue weighted by Crippen LogP contribution is -2.11. The molecule has 0 spiro atoms. The number of hydrogen-bond acceptors (Lipinski definition) is 3. The highest BCUT2D eigenvalue weighted by Crippen LogP contribution is 2.22. The van der Waals surface area contributed by atoms with Crippen LogP contribution in [0.25, 0.3) is 0 Å². The van der Waals surface area contributed by atoms with E-state index in [2.05, 4.69) is 29.1 Å². The van der Waals surface area contributed by atoms with Crippen molar-refractivity contribution in [3.05, 3.63) is 48.3 Å². The molecule has 0 aliphatic carbocycles. The van der Waals surface area contributed by atoms with Crippen LogP contribution in [0.4, 0.5) is 5.69 Å². The number of para-hydroxylation sites is 1. The van der Waals surface area contributed by atoms with E-state index in [1.54, 1.807) is 19.1 Å². The summed E-state index contributed by atoms with van der Waals surface area (Å²) in [6.45, 7) is 5.39. The molecule has 2 rings (SSSR count). The number of hydrogen-bond donors (Lipinski definition) is 1. The van der Waals surface area contributed by atoms with Gasteiger partial charge in [0.25, 0.3) is 0 Å². The van der Waals surface area contributed by atoms with Crippen molar-refractivity contribution in [3.63, 3.8) is 0 Å². The van der Waals surface area contributed by atoms with Crippen LogP contribution in [-0.2, 0) is 22.9 Å². The zero-order chi connectivity index (χ0) is 15.3. The van der Waals surface area contributed by atoms with Crippen LogP contribution in [0.1, 0.15) is 26.0 Å². The van der Waals surface area contributed by atoms with Gasteiger partial charge in [0.1, 0.15) is 0 Å². The van der Waals surface area contributed by atoms with E-state index in [1.165, 1.54) is 0 Å². The van der Waals surface area contributed by atoms with Gasteiger partial charge in [-0.05, 0) is 30.7 Å². The minimum Gasteiger partial charge on any atom is -0.378 e. The third-order valence-corrected chi connectivity index (χ3v) is 5.24. The van der Waals surface area contributed by atoms with E-state index < -0.39 is 9.84 Å². The molecular weight excluding hydrogens is 284 g/mol. The van der Waals surface area contributed by atoms with Crippen molar-refractivity contribution in [2.24, 2.45) is 0 Å². The number of nitrogens with one attached hydrogen (secondary N) is 1. The average molecular weight is 306 g/mol. The Hall–Kier alpha value is -1.75. The molecule has 1 heterocycles. The molecule has 5 heteroatoms. The highest BCUT2D eigenvalue weighted by molar-refractivity contribution is 7.91. The van der Waals surface area contributed by atoms with Gasteiger partial charge in [-0.2, -0.15) is 0 Å². The quantitative estimate of drug-likeness (QED) is 0.854. The lowest BCUT2D eigenvalue weighted by atomic mass is 10.3. The van der Waals surface area contributed by atoms with Gasteiger partial charge in [0.05, 0.1) is 22.9 Å². The molecule has 0 saturated carbocycles. The zero-order valence-electron chi connectivity index (χ0n) is 12.5. The molecule has 1 N–H and O–H groups in total. The first-order valence-corrected chi connectivity index (χ1v) is 8.93. The molecule has 2 aromatic rings. The van der Waals surface area contributed by atoms with Crippen molar-refractivity contribution in [3.8, 4) is 0 Å². The first-order valence-electron chi connectivity index (χ1n) is 7.28. The number of aryl methyl sites for hydroxylation is 1. The Morgan fingerprint density at radius 2 is 1.86 bits per heavy atom. The fourth-order valence-corrected chi connectivity index (χ4v) is 3.37. The maximum absolute atomic E-state index is 12.1. The molecule has 21 heavy (non-hydrogen) atoms. The maximum atomic E-state index is 12.1. The molecule has 0 saturated heterocycles. The minimum absolute atomic E-state index is 0.109. The largest absolute Gasteiger partial charge is 0.378 e. The normalized spacial score (nSPS) is 11.5. The van der Waals surface area contributed by atoms with Gasteiger partial charge in [-0.15, -0.1) is 0 Å². The van der Waals surface area contributed by atoms with E-state index >= 15 is 0 Å². The third kappa shape index (κ3) is 3.67. The second kappa shape index (κ2) is 6.80. The second-order valence-corrected chi connectivity index (χ2v) is 7.19. The van der Waals surface area contributed by atoms with Crippen molar-refractivity contribution in [2.45, 2.75) is 38.3 Å². The Kier molecular flexibility index (Phi) is 5.07. The molecule has 4 nitrogen and oxygen atoms in total. The van der Waals surface area contributed by atoms with Gasteiger partial charge in [-0.3, -0.25) is 0 Å². The molecule has 0 aliphatic heterocycles. The van der Waals surface area contributed by atoms with E-state index in [-0.39, 0.29) is 5.75 Å². The molecule has 114 valence electrons. The zero-order valence-corrected chi connectivity index (χ0v) is 13.4. The fraction of sp³-hybridized carbons (Fsp3) is 0.375. The minimum atomic E-state index is -3.21. The third-order valence-electron chi connectivity index (χ3n) is 3.45. The summed E-state index contributed by atoms with van der Waals surface area (Å²) in [6.07, 6.45) is 3.12. The molecule has 0 fully saturated rings. The summed E-state index contributed by atoms with van der Waals surface area (Å²) in [5, 5.41) is 3.25. The number of rotatable bonds is 7. The number of benzene rings is 1. The van der Waals surface area contributed by atoms with Crippen LogP contribution < -0.4 is 5.32 Å². The maximum Gasteiger partial charge on any atom is 0.180 e. The van der Waals surface area contributed by atoms with Crippen LogP contribution in [-0.4, -0.2) is 18.7 Å². The summed E-state index contributed by atoms with van der Waals surface area (Å²) < 4.78 is 26.4. The molecule has 0 amide bonds. The Morgan fingerprint density at radius 3 is 2.57 bits per heavy atom. The predicted molar refractivity (Wildman–Crippen MR) is 86.2 cm³/mol. The number of sulfone groups is 1. The first kappa shape index (κ1) is 15.6. The summed E-state index contributed by atoms with van der Waals surface area (Å²) in [4.78, 5) is 0.376. The second-order valence-electron chi connectivity index (χ2n) is 4.95. The van der Waals surface area contributed by atoms with E-state index in [9.17, 15) is 8.42 Å². The summed E-state index contributed by atoms with van der Waals surface area (Å²) >= 11 is 0. The van der Waals surface area contributed by atoms with Gasteiger partial charge in [-0.25, -0.2) is 8.42 Å². The molecule has 0 radical (unpaired) electrons. The summed E-state index contributed by atoms with van der Waals surface area (Å²) in [5.41, 5.74) is 1.82. The molecule has 0 aliphatic rings. The highest BCUT2D eigenvalue weighted by atomic mass is 32.2. The molecule has 1 aromatic heterocycles. The van der Waals surface area contributed by atoms with E-state index in [0.717, 1.165) is 18.7 Å². The van der Waals surface area contributed by atoms with Crippen LogP contribution in [0, 0.1) is 0 Å². The van der Waals surface area contributed by atoms with E-state index in [4.69, 9.17) is 0 Å². The lowest BCUT2D eigenvalue weighted by molar-refractivity contribution is 0.597. The van der Waals surface area contributed by atoms with Crippen molar-refractivity contribution in [1.29, 1.82) is 0 Å². The van der Waals surface area contributed by atoms with Crippen molar-refractivity contribution in [1.82, 2.24) is 4.57 Å². The van der Waals surface area contributed by atoms with Gasteiger partial charge in [0.15, 0.2) is 9.84 Å². The van der Waals surface area contributed by atoms with Crippen molar-refractivity contribution >= 4 is 15.5 Å². The summed E-state index contributed by atoms with van der Waals surface area (Å²) in [6, 6.07) is 11.2. The van der Waals surface area contributed by atoms with Crippen molar-refractivity contribution in [2.75, 3.05) is 11.1 Å². The number of nitrogens with zero attached hydrogens (tertiary/aromatic N) is 1. The Bertz CT molecular complexity index is 690. The van der Waals surface area contributed by atoms with Gasteiger partial charge >= 0.3 is 0 Å². The summed E-state index contributed by atoms with van der Waals surface area (Å²) in [5.74, 6) is 0.109. The molecule has 0 unspecified atom stereocenters. The van der Waals surface area contributed by atoms with Crippen LogP contribution in [0.3, 0.4) is 0 Å². The van der Waals surface area contributed by atoms with E-state index in [0.29, 0.717) is 17.1 Å². The first-order chi connectivity index (χ1) is 10.1. The number of anilines is 1. The molecule has 1 aromatic carbocycles. The number of aromatic nitrogens is 1. The Morgan fingerprint density at radius 1 is 1.10 bits per heavy atom. The van der Waals surface area contributed by atoms with Crippen LogP contribution in [0.15, 0.2) is 47.5 Å². The predicted octanol–water partition coefficient (Wildman–Crippen LogP) is 3.30.